The third-order valence-electron chi connectivity index (χ3n) is 6.96. The maximum Gasteiger partial charge on any atom is 0.116 e. The Labute approximate surface area is 224 Å². The van der Waals surface area contributed by atoms with Crippen molar-refractivity contribution in [1.29, 1.82) is 0 Å². The van der Waals surface area contributed by atoms with Crippen molar-refractivity contribution < 1.29 is 0 Å². The minimum atomic E-state index is 0.747. The van der Waals surface area contributed by atoms with Gasteiger partial charge in [0.15, 0.2) is 0 Å². The number of rotatable bonds is 7. The molecule has 8 nitrogen and oxygen atoms in total. The Morgan fingerprint density at radius 1 is 0.795 bits per heavy atom. The molecule has 0 bridgehead atoms. The Kier molecular flexibility index (Phi) is 5.71. The van der Waals surface area contributed by atoms with Gasteiger partial charge in [-0.05, 0) is 47.9 Å². The van der Waals surface area contributed by atoms with Gasteiger partial charge < -0.3 is 14.9 Å². The summed E-state index contributed by atoms with van der Waals surface area (Å²) < 4.78 is 2.00. The van der Waals surface area contributed by atoms with Gasteiger partial charge in [-0.2, -0.15) is 5.10 Å². The predicted molar refractivity (Wildman–Crippen MR) is 153 cm³/mol. The van der Waals surface area contributed by atoms with Crippen molar-refractivity contribution in [2.24, 2.45) is 0 Å². The van der Waals surface area contributed by atoms with Crippen LogP contribution in [0.2, 0.25) is 0 Å². The summed E-state index contributed by atoms with van der Waals surface area (Å²) in [4.78, 5) is 16.8. The molecule has 8 heteroatoms. The van der Waals surface area contributed by atoms with Gasteiger partial charge >= 0.3 is 0 Å². The van der Waals surface area contributed by atoms with Crippen LogP contribution in [-0.4, -0.2) is 34.7 Å². The number of hydrogen-bond acceptors (Lipinski definition) is 5. The zero-order chi connectivity index (χ0) is 26.2. The van der Waals surface area contributed by atoms with Gasteiger partial charge in [0.2, 0.25) is 0 Å². The van der Waals surface area contributed by atoms with Crippen molar-refractivity contribution in [2.45, 2.75) is 20.0 Å². The van der Waals surface area contributed by atoms with Crippen LogP contribution < -0.4 is 5.32 Å². The van der Waals surface area contributed by atoms with E-state index in [9.17, 15) is 0 Å². The number of aryl methyl sites for hydroxylation is 1. The van der Waals surface area contributed by atoms with Gasteiger partial charge in [0.05, 0.1) is 46.8 Å². The molecule has 0 fully saturated rings. The quantitative estimate of drug-likeness (QED) is 0.246. The number of fused-ring (bicyclic) bond motifs is 2. The van der Waals surface area contributed by atoms with E-state index in [0.29, 0.717) is 0 Å². The zero-order valence-electron chi connectivity index (χ0n) is 21.4. The molecular formula is C31H26N8. The van der Waals surface area contributed by atoms with Crippen LogP contribution >= 0.6 is 0 Å². The van der Waals surface area contributed by atoms with Crippen molar-refractivity contribution in [2.75, 3.05) is 0 Å². The molecule has 3 N–H and O–H groups in total. The number of benzene rings is 2. The smallest absolute Gasteiger partial charge is 0.116 e. The summed E-state index contributed by atoms with van der Waals surface area (Å²) in [7, 11) is 0. The Hall–Kier alpha value is -5.08. The fourth-order valence-electron chi connectivity index (χ4n) is 5.01. The van der Waals surface area contributed by atoms with E-state index in [-0.39, 0.29) is 0 Å². The van der Waals surface area contributed by atoms with Gasteiger partial charge in [-0.25, -0.2) is 4.98 Å². The highest BCUT2D eigenvalue weighted by molar-refractivity contribution is 5.99. The summed E-state index contributed by atoms with van der Waals surface area (Å²) in [6, 6.07) is 21.1. The molecule has 0 aliphatic carbocycles. The predicted octanol–water partition coefficient (Wildman–Crippen LogP) is 5.95. The summed E-state index contributed by atoms with van der Waals surface area (Å²) in [6.45, 7) is 3.54. The van der Waals surface area contributed by atoms with Crippen LogP contribution in [0.3, 0.4) is 0 Å². The fraction of sp³-hybridized carbons (Fsp3) is 0.0968. The first-order valence-electron chi connectivity index (χ1n) is 12.9. The van der Waals surface area contributed by atoms with E-state index in [1.165, 1.54) is 5.56 Å². The average molecular weight is 511 g/mol. The second-order valence-electron chi connectivity index (χ2n) is 9.73. The number of aromatic amines is 2. The first-order chi connectivity index (χ1) is 19.2. The van der Waals surface area contributed by atoms with E-state index in [2.05, 4.69) is 90.0 Å². The van der Waals surface area contributed by atoms with Gasteiger partial charge in [0.25, 0.3) is 0 Å². The molecule has 0 amide bonds. The van der Waals surface area contributed by atoms with Crippen molar-refractivity contribution in [3.8, 4) is 28.2 Å². The number of H-pyrrole nitrogens is 2. The van der Waals surface area contributed by atoms with Crippen molar-refractivity contribution in [1.82, 2.24) is 40.0 Å². The van der Waals surface area contributed by atoms with Crippen molar-refractivity contribution in [3.63, 3.8) is 0 Å². The Morgan fingerprint density at radius 2 is 1.67 bits per heavy atom. The second kappa shape index (κ2) is 9.66. The lowest BCUT2D eigenvalue weighted by Crippen LogP contribution is -2.12. The minimum Gasteiger partial charge on any atom is -0.352 e. The Bertz CT molecular complexity index is 1910. The molecule has 5 aromatic heterocycles. The normalized spacial score (nSPS) is 11.5. The van der Waals surface area contributed by atoms with E-state index in [4.69, 9.17) is 0 Å². The number of nitrogens with one attached hydrogen (secondary N) is 3. The Morgan fingerprint density at radius 3 is 2.54 bits per heavy atom. The minimum absolute atomic E-state index is 0.747. The molecule has 7 rings (SSSR count). The lowest BCUT2D eigenvalue weighted by atomic mass is 10.0. The van der Waals surface area contributed by atoms with E-state index in [1.54, 1.807) is 0 Å². The second-order valence-corrected chi connectivity index (χ2v) is 9.73. The summed E-state index contributed by atoms with van der Waals surface area (Å²) >= 11 is 0. The SMILES string of the molecule is Cc1cn(-c2cncc3[nH]c(-c4n[nH]c5ccc(-c6cncc(CNCc7ccccc7)c6)cc45)cc23)cn1. The Balaban J connectivity index is 1.20. The molecule has 0 saturated carbocycles. The van der Waals surface area contributed by atoms with Gasteiger partial charge in [0.1, 0.15) is 5.69 Å². The number of imidazole rings is 1. The lowest BCUT2D eigenvalue weighted by Gasteiger charge is -2.08. The molecule has 5 heterocycles. The van der Waals surface area contributed by atoms with Crippen LogP contribution in [0.15, 0.2) is 98.0 Å². The van der Waals surface area contributed by atoms with E-state index >= 15 is 0 Å². The molecule has 0 spiro atoms. The molecule has 0 aliphatic rings. The van der Waals surface area contributed by atoms with Crippen LogP contribution in [-0.2, 0) is 13.1 Å². The van der Waals surface area contributed by atoms with Crippen LogP contribution in [0, 0.1) is 6.92 Å². The first kappa shape index (κ1) is 23.1. The van der Waals surface area contributed by atoms with E-state index in [1.807, 2.05) is 54.9 Å². The highest BCUT2D eigenvalue weighted by Crippen LogP contribution is 2.33. The fourth-order valence-corrected chi connectivity index (χ4v) is 5.01. The third-order valence-corrected chi connectivity index (χ3v) is 6.96. The van der Waals surface area contributed by atoms with Gasteiger partial charge in [0, 0.05) is 48.0 Å². The van der Waals surface area contributed by atoms with Gasteiger partial charge in [-0.3, -0.25) is 15.1 Å². The zero-order valence-corrected chi connectivity index (χ0v) is 21.4. The van der Waals surface area contributed by atoms with Gasteiger partial charge in [-0.1, -0.05) is 36.4 Å². The molecular weight excluding hydrogens is 484 g/mol. The first-order valence-corrected chi connectivity index (χ1v) is 12.9. The molecule has 0 aliphatic heterocycles. The van der Waals surface area contributed by atoms with E-state index in [0.717, 1.165) is 74.4 Å². The summed E-state index contributed by atoms with van der Waals surface area (Å²) in [5.74, 6) is 0. The summed E-state index contributed by atoms with van der Waals surface area (Å²) in [5.41, 5.74) is 10.2. The molecule has 39 heavy (non-hydrogen) atoms. The monoisotopic (exact) mass is 510 g/mol. The highest BCUT2D eigenvalue weighted by atomic mass is 15.1. The van der Waals surface area contributed by atoms with Crippen molar-refractivity contribution >= 4 is 21.8 Å². The standard InChI is InChI=1S/C31H26N8/c1-20-18-39(19-35-20)30-17-34-16-29-25(30)11-28(36-29)31-26-10-23(7-8-27(26)37-38-31)24-9-22(14-33-15-24)13-32-12-21-5-3-2-4-6-21/h2-11,14-19,32,36H,12-13H2,1H3,(H,37,38). The van der Waals surface area contributed by atoms with Crippen molar-refractivity contribution in [3.05, 3.63) is 115 Å². The molecule has 7 aromatic rings. The number of nitrogens with zero attached hydrogens (tertiary/aromatic N) is 5. The molecule has 0 radical (unpaired) electrons. The molecule has 2 aromatic carbocycles. The number of pyridine rings is 2. The summed E-state index contributed by atoms with van der Waals surface area (Å²) in [5, 5.41) is 13.5. The molecule has 0 atom stereocenters. The molecule has 190 valence electrons. The van der Waals surface area contributed by atoms with Crippen LogP contribution in [0.1, 0.15) is 16.8 Å². The molecule has 0 unspecified atom stereocenters. The average Bonchev–Trinajstić information content (AvgIpc) is 3.71. The largest absolute Gasteiger partial charge is 0.352 e. The number of aromatic nitrogens is 7. The number of hydrogen-bond donors (Lipinski definition) is 3. The van der Waals surface area contributed by atoms with E-state index < -0.39 is 0 Å². The van der Waals surface area contributed by atoms with Crippen LogP contribution in [0.4, 0.5) is 0 Å². The molecule has 0 saturated heterocycles. The van der Waals surface area contributed by atoms with Gasteiger partial charge in [-0.15, -0.1) is 0 Å². The highest BCUT2D eigenvalue weighted by Gasteiger charge is 2.15. The maximum atomic E-state index is 4.67. The lowest BCUT2D eigenvalue weighted by molar-refractivity contribution is 0.691. The van der Waals surface area contributed by atoms with Crippen LogP contribution in [0.25, 0.3) is 50.0 Å². The topological polar surface area (TPSA) is 100 Å². The summed E-state index contributed by atoms with van der Waals surface area (Å²) in [6.07, 6.45) is 11.3. The third kappa shape index (κ3) is 4.47. The van der Waals surface area contributed by atoms with Crippen LogP contribution in [0.5, 0.6) is 0 Å². The maximum absolute atomic E-state index is 4.67.